The fourth-order valence-electron chi connectivity index (χ4n) is 1.83. The maximum absolute atomic E-state index is 13.7. The Labute approximate surface area is 64.3 Å². The second-order valence-corrected chi connectivity index (χ2v) is 3.27. The third-order valence-corrected chi connectivity index (χ3v) is 2.53. The zero-order chi connectivity index (χ0) is 7.90. The normalized spacial score (nSPS) is 43.4. The van der Waals surface area contributed by atoms with Crippen molar-refractivity contribution < 1.29 is 9.18 Å². The molecule has 2 N–H and O–H groups in total. The van der Waals surface area contributed by atoms with E-state index in [2.05, 4.69) is 10.6 Å². The highest BCUT2D eigenvalue weighted by molar-refractivity contribution is 5.82. The second kappa shape index (κ2) is 2.17. The zero-order valence-corrected chi connectivity index (χ0v) is 6.19. The fraction of sp³-hybridized carbons (Fsp3) is 0.857. The molecule has 4 heteroatoms. The summed E-state index contributed by atoms with van der Waals surface area (Å²) in [6, 6.07) is 0. The van der Waals surface area contributed by atoms with Gasteiger partial charge in [-0.1, -0.05) is 0 Å². The van der Waals surface area contributed by atoms with Gasteiger partial charge in [-0.3, -0.25) is 4.79 Å². The number of hydrogen-bond donors (Lipinski definition) is 2. The van der Waals surface area contributed by atoms with Crippen LogP contribution in [0.3, 0.4) is 0 Å². The van der Waals surface area contributed by atoms with Gasteiger partial charge in [-0.05, 0) is 13.0 Å². The maximum Gasteiger partial charge on any atom is 0.226 e. The standard InChI is InChI=1S/C7H11FN2O/c8-7-3-9-2-1-5(7)6(11)10-4-7/h5,9H,1-4H2,(H,10,11)/t5-,7-/m0/s1. The van der Waals surface area contributed by atoms with Crippen molar-refractivity contribution in [2.24, 2.45) is 5.92 Å². The summed E-state index contributed by atoms with van der Waals surface area (Å²) in [7, 11) is 0. The van der Waals surface area contributed by atoms with Gasteiger partial charge in [-0.2, -0.15) is 0 Å². The Bertz CT molecular complexity index is 197. The van der Waals surface area contributed by atoms with E-state index in [1.165, 1.54) is 0 Å². The number of nitrogens with one attached hydrogen (secondary N) is 2. The molecule has 0 unspecified atom stereocenters. The Morgan fingerprint density at radius 1 is 1.55 bits per heavy atom. The van der Waals surface area contributed by atoms with E-state index in [4.69, 9.17) is 0 Å². The number of amides is 1. The van der Waals surface area contributed by atoms with E-state index in [0.29, 0.717) is 13.0 Å². The molecule has 62 valence electrons. The van der Waals surface area contributed by atoms with Gasteiger partial charge in [0, 0.05) is 6.54 Å². The lowest BCUT2D eigenvalue weighted by atomic mass is 9.86. The molecule has 0 aromatic carbocycles. The molecule has 0 aliphatic carbocycles. The summed E-state index contributed by atoms with van der Waals surface area (Å²) in [6.45, 7) is 1.25. The molecular formula is C7H11FN2O. The monoisotopic (exact) mass is 158 g/mol. The molecule has 2 rings (SSSR count). The minimum absolute atomic E-state index is 0.117. The Morgan fingerprint density at radius 2 is 2.36 bits per heavy atom. The van der Waals surface area contributed by atoms with Gasteiger partial charge < -0.3 is 10.6 Å². The van der Waals surface area contributed by atoms with Crippen LogP contribution in [0.4, 0.5) is 4.39 Å². The van der Waals surface area contributed by atoms with Crippen molar-refractivity contribution in [3.05, 3.63) is 0 Å². The summed E-state index contributed by atoms with van der Waals surface area (Å²) in [5.74, 6) is -0.516. The van der Waals surface area contributed by atoms with Gasteiger partial charge in [0.25, 0.3) is 0 Å². The van der Waals surface area contributed by atoms with E-state index in [0.717, 1.165) is 6.54 Å². The minimum atomic E-state index is -1.31. The smallest absolute Gasteiger partial charge is 0.226 e. The van der Waals surface area contributed by atoms with E-state index in [9.17, 15) is 9.18 Å². The van der Waals surface area contributed by atoms with Crippen molar-refractivity contribution in [2.45, 2.75) is 12.1 Å². The Kier molecular flexibility index (Phi) is 1.39. The quantitative estimate of drug-likeness (QED) is 0.496. The van der Waals surface area contributed by atoms with E-state index in [1.807, 2.05) is 0 Å². The van der Waals surface area contributed by atoms with Crippen LogP contribution < -0.4 is 10.6 Å². The van der Waals surface area contributed by atoms with Crippen LogP contribution in [0.2, 0.25) is 0 Å². The van der Waals surface area contributed by atoms with Crippen molar-refractivity contribution in [2.75, 3.05) is 19.6 Å². The van der Waals surface area contributed by atoms with Crippen LogP contribution >= 0.6 is 0 Å². The lowest BCUT2D eigenvalue weighted by Gasteiger charge is -2.29. The number of carbonyl (C=O) groups excluding carboxylic acids is 1. The molecule has 2 heterocycles. The van der Waals surface area contributed by atoms with Crippen molar-refractivity contribution in [3.63, 3.8) is 0 Å². The van der Waals surface area contributed by atoms with Gasteiger partial charge in [0.05, 0.1) is 12.5 Å². The van der Waals surface area contributed by atoms with Gasteiger partial charge in [0.15, 0.2) is 5.67 Å². The van der Waals surface area contributed by atoms with Gasteiger partial charge >= 0.3 is 0 Å². The summed E-state index contributed by atoms with van der Waals surface area (Å²) in [4.78, 5) is 11.0. The van der Waals surface area contributed by atoms with Crippen LogP contribution in [-0.4, -0.2) is 31.2 Å². The number of hydrogen-bond acceptors (Lipinski definition) is 2. The molecule has 0 spiro atoms. The minimum Gasteiger partial charge on any atom is -0.352 e. The molecule has 2 aliphatic heterocycles. The largest absolute Gasteiger partial charge is 0.352 e. The van der Waals surface area contributed by atoms with Crippen molar-refractivity contribution in [3.8, 4) is 0 Å². The molecule has 0 aromatic rings. The molecular weight excluding hydrogens is 147 g/mol. The molecule has 0 saturated carbocycles. The summed E-state index contributed by atoms with van der Waals surface area (Å²) >= 11 is 0. The molecule has 0 aromatic heterocycles. The van der Waals surface area contributed by atoms with Crippen molar-refractivity contribution in [1.82, 2.24) is 10.6 Å². The van der Waals surface area contributed by atoms with E-state index >= 15 is 0 Å². The maximum atomic E-state index is 13.7. The number of carbonyl (C=O) groups is 1. The Morgan fingerprint density at radius 3 is 3.09 bits per heavy atom. The van der Waals surface area contributed by atoms with E-state index in [-0.39, 0.29) is 12.5 Å². The molecule has 0 radical (unpaired) electrons. The summed E-state index contributed by atoms with van der Waals surface area (Å²) in [5.41, 5.74) is -1.31. The van der Waals surface area contributed by atoms with Crippen LogP contribution in [0.1, 0.15) is 6.42 Å². The predicted octanol–water partition coefficient (Wildman–Crippen LogP) is -0.566. The summed E-state index contributed by atoms with van der Waals surface area (Å²) in [6.07, 6.45) is 0.627. The van der Waals surface area contributed by atoms with Crippen LogP contribution in [-0.2, 0) is 4.79 Å². The average Bonchev–Trinajstić information content (AvgIpc) is 2.29. The SMILES string of the molecule is O=C1NC[C@@]2(F)CNCC[C@@H]12. The Hall–Kier alpha value is -0.640. The van der Waals surface area contributed by atoms with Gasteiger partial charge in [-0.25, -0.2) is 4.39 Å². The van der Waals surface area contributed by atoms with Gasteiger partial charge in [-0.15, -0.1) is 0 Å². The molecule has 2 atom stereocenters. The first kappa shape index (κ1) is 7.03. The summed E-state index contributed by atoms with van der Waals surface area (Å²) < 4.78 is 13.7. The first-order valence-electron chi connectivity index (χ1n) is 3.90. The van der Waals surface area contributed by atoms with Crippen LogP contribution in [0, 0.1) is 5.92 Å². The van der Waals surface area contributed by atoms with Gasteiger partial charge in [0.2, 0.25) is 5.91 Å². The molecule has 2 aliphatic rings. The molecule has 1 amide bonds. The molecule has 0 bridgehead atoms. The summed E-state index contributed by atoms with van der Waals surface area (Å²) in [5, 5.41) is 5.50. The fourth-order valence-corrected chi connectivity index (χ4v) is 1.83. The zero-order valence-electron chi connectivity index (χ0n) is 6.19. The molecule has 2 fully saturated rings. The first-order valence-corrected chi connectivity index (χ1v) is 3.90. The highest BCUT2D eigenvalue weighted by atomic mass is 19.1. The number of halogens is 1. The van der Waals surface area contributed by atoms with Crippen molar-refractivity contribution in [1.29, 1.82) is 0 Å². The highest BCUT2D eigenvalue weighted by Gasteiger charge is 2.50. The topological polar surface area (TPSA) is 41.1 Å². The molecule has 3 nitrogen and oxygen atoms in total. The average molecular weight is 158 g/mol. The first-order chi connectivity index (χ1) is 5.22. The second-order valence-electron chi connectivity index (χ2n) is 3.27. The number of rotatable bonds is 0. The number of piperidine rings is 1. The van der Waals surface area contributed by atoms with Gasteiger partial charge in [0.1, 0.15) is 0 Å². The lowest BCUT2D eigenvalue weighted by Crippen LogP contribution is -2.49. The van der Waals surface area contributed by atoms with E-state index in [1.54, 1.807) is 0 Å². The van der Waals surface area contributed by atoms with Crippen LogP contribution in [0.25, 0.3) is 0 Å². The predicted molar refractivity (Wildman–Crippen MR) is 37.8 cm³/mol. The van der Waals surface area contributed by atoms with Crippen LogP contribution in [0.5, 0.6) is 0 Å². The Balaban J connectivity index is 2.21. The lowest BCUT2D eigenvalue weighted by molar-refractivity contribution is -0.125. The third kappa shape index (κ3) is 0.929. The van der Waals surface area contributed by atoms with E-state index < -0.39 is 11.6 Å². The number of alkyl halides is 1. The van der Waals surface area contributed by atoms with Crippen molar-refractivity contribution >= 4 is 5.91 Å². The highest BCUT2D eigenvalue weighted by Crippen LogP contribution is 2.31. The molecule has 11 heavy (non-hydrogen) atoms. The number of fused-ring (bicyclic) bond motifs is 1. The molecule has 2 saturated heterocycles. The van der Waals surface area contributed by atoms with Crippen LogP contribution in [0.15, 0.2) is 0 Å². The third-order valence-electron chi connectivity index (χ3n) is 2.53.